The van der Waals surface area contributed by atoms with Gasteiger partial charge in [0.2, 0.25) is 5.76 Å². The number of nitrogens with zero attached hydrogens (tertiary/aromatic N) is 1. The van der Waals surface area contributed by atoms with Gasteiger partial charge in [0.15, 0.2) is 5.43 Å². The molecule has 34 heavy (non-hydrogen) atoms. The smallest absolute Gasteiger partial charge is 0.290 e. The van der Waals surface area contributed by atoms with E-state index in [-0.39, 0.29) is 22.9 Å². The van der Waals surface area contributed by atoms with Crippen LogP contribution in [-0.2, 0) is 6.42 Å². The van der Waals surface area contributed by atoms with Gasteiger partial charge in [0.1, 0.15) is 17.1 Å². The Morgan fingerprint density at radius 2 is 1.71 bits per heavy atom. The number of aryl methyl sites for hydroxylation is 2. The van der Waals surface area contributed by atoms with E-state index in [2.05, 4.69) is 0 Å². The highest BCUT2D eigenvalue weighted by Crippen LogP contribution is 2.38. The average molecular weight is 458 g/mol. The summed E-state index contributed by atoms with van der Waals surface area (Å²) in [5.74, 6) is 0.0993. The Kier molecular flexibility index (Phi) is 5.44. The van der Waals surface area contributed by atoms with Crippen molar-refractivity contribution < 1.29 is 18.3 Å². The molecule has 1 atom stereocenters. The molecule has 172 valence electrons. The van der Waals surface area contributed by atoms with Crippen LogP contribution in [0.1, 0.15) is 44.4 Å². The molecule has 5 rings (SSSR count). The summed E-state index contributed by atoms with van der Waals surface area (Å²) in [5.41, 5.74) is 3.94. The Labute approximate surface area is 196 Å². The largest absolute Gasteiger partial charge is 0.497 e. The van der Waals surface area contributed by atoms with E-state index in [1.165, 1.54) is 12.1 Å². The fraction of sp³-hybridized carbons (Fsp3) is 0.214. The molecular formula is C28H24FNO4. The second kappa shape index (κ2) is 8.45. The Morgan fingerprint density at radius 1 is 1.00 bits per heavy atom. The van der Waals surface area contributed by atoms with E-state index in [9.17, 15) is 14.0 Å². The number of fused-ring (bicyclic) bond motifs is 2. The van der Waals surface area contributed by atoms with Gasteiger partial charge in [-0.3, -0.25) is 9.59 Å². The van der Waals surface area contributed by atoms with E-state index in [1.54, 1.807) is 30.2 Å². The first-order chi connectivity index (χ1) is 16.4. The van der Waals surface area contributed by atoms with Crippen LogP contribution in [-0.4, -0.2) is 24.5 Å². The molecule has 0 fully saturated rings. The molecule has 1 aliphatic heterocycles. The number of benzene rings is 3. The zero-order chi connectivity index (χ0) is 24.0. The lowest BCUT2D eigenvalue weighted by Gasteiger charge is -2.25. The van der Waals surface area contributed by atoms with Crippen LogP contribution in [0.4, 0.5) is 4.39 Å². The summed E-state index contributed by atoms with van der Waals surface area (Å²) < 4.78 is 25.0. The number of hydrogen-bond donors (Lipinski definition) is 0. The second-order valence-corrected chi connectivity index (χ2v) is 8.68. The molecule has 1 aromatic heterocycles. The summed E-state index contributed by atoms with van der Waals surface area (Å²) in [4.78, 5) is 28.9. The lowest BCUT2D eigenvalue weighted by molar-refractivity contribution is 0.0730. The van der Waals surface area contributed by atoms with Gasteiger partial charge in [0.25, 0.3) is 5.91 Å². The number of methoxy groups -OCH3 is 1. The highest BCUT2D eigenvalue weighted by atomic mass is 19.1. The summed E-state index contributed by atoms with van der Waals surface area (Å²) in [5, 5.41) is 0.473. The summed E-state index contributed by atoms with van der Waals surface area (Å²) in [6.07, 6.45) is 0.577. The number of hydrogen-bond acceptors (Lipinski definition) is 4. The van der Waals surface area contributed by atoms with Crippen molar-refractivity contribution in [3.05, 3.63) is 110 Å². The summed E-state index contributed by atoms with van der Waals surface area (Å²) in [6.45, 7) is 4.15. The van der Waals surface area contributed by atoms with E-state index in [0.29, 0.717) is 35.1 Å². The van der Waals surface area contributed by atoms with E-state index in [4.69, 9.17) is 9.15 Å². The van der Waals surface area contributed by atoms with Gasteiger partial charge in [0, 0.05) is 6.54 Å². The van der Waals surface area contributed by atoms with Crippen LogP contribution >= 0.6 is 0 Å². The van der Waals surface area contributed by atoms with Gasteiger partial charge in [-0.2, -0.15) is 0 Å². The van der Waals surface area contributed by atoms with Crippen LogP contribution < -0.4 is 10.2 Å². The maximum atomic E-state index is 13.7. The minimum atomic E-state index is -0.650. The monoisotopic (exact) mass is 457 g/mol. The summed E-state index contributed by atoms with van der Waals surface area (Å²) in [7, 11) is 1.61. The highest BCUT2D eigenvalue weighted by molar-refractivity contribution is 5.99. The number of ether oxygens (including phenoxy) is 1. The van der Waals surface area contributed by atoms with Crippen molar-refractivity contribution in [2.75, 3.05) is 13.7 Å². The number of rotatable bonds is 5. The third kappa shape index (κ3) is 3.65. The fourth-order valence-electron chi connectivity index (χ4n) is 4.78. The van der Waals surface area contributed by atoms with Crippen LogP contribution in [0.3, 0.4) is 0 Å². The first-order valence-electron chi connectivity index (χ1n) is 11.1. The highest BCUT2D eigenvalue weighted by Gasteiger charge is 2.42. The molecule has 6 heteroatoms. The van der Waals surface area contributed by atoms with E-state index in [1.807, 2.05) is 44.2 Å². The molecule has 0 saturated carbocycles. The summed E-state index contributed by atoms with van der Waals surface area (Å²) in [6, 6.07) is 16.6. The van der Waals surface area contributed by atoms with Crippen LogP contribution in [0.2, 0.25) is 0 Å². The lowest BCUT2D eigenvalue weighted by atomic mass is 9.96. The van der Waals surface area contributed by atoms with Crippen molar-refractivity contribution in [3.63, 3.8) is 0 Å². The quantitative estimate of drug-likeness (QED) is 0.406. The van der Waals surface area contributed by atoms with Gasteiger partial charge >= 0.3 is 0 Å². The van der Waals surface area contributed by atoms with Gasteiger partial charge < -0.3 is 14.1 Å². The molecule has 0 radical (unpaired) electrons. The van der Waals surface area contributed by atoms with Crippen LogP contribution in [0.15, 0.2) is 69.9 Å². The Balaban J connectivity index is 1.62. The second-order valence-electron chi connectivity index (χ2n) is 8.68. The Hall–Kier alpha value is -3.93. The maximum Gasteiger partial charge on any atom is 0.290 e. The van der Waals surface area contributed by atoms with E-state index in [0.717, 1.165) is 22.4 Å². The van der Waals surface area contributed by atoms with Crippen molar-refractivity contribution in [2.24, 2.45) is 0 Å². The number of carbonyl (C=O) groups is 1. The average Bonchev–Trinajstić information content (AvgIpc) is 3.10. The molecule has 0 saturated heterocycles. The van der Waals surface area contributed by atoms with Gasteiger partial charge in [-0.25, -0.2) is 4.39 Å². The maximum absolute atomic E-state index is 13.7. The molecule has 0 spiro atoms. The van der Waals surface area contributed by atoms with Gasteiger partial charge in [-0.15, -0.1) is 0 Å². The zero-order valence-electron chi connectivity index (χ0n) is 19.2. The predicted octanol–water partition coefficient (Wildman–Crippen LogP) is 5.35. The molecule has 1 aliphatic rings. The van der Waals surface area contributed by atoms with Crippen molar-refractivity contribution in [1.29, 1.82) is 0 Å². The third-order valence-electron chi connectivity index (χ3n) is 6.40. The molecule has 0 N–H and O–H groups in total. The standard InChI is InChI=1S/C28H24FNO4/c1-16-14-17(2)23-22(15-16)34-27-24(26(23)31)25(19-6-8-20(29)9-7-19)30(28(27)32)13-12-18-4-10-21(33-3)11-5-18/h4-11,14-15,25H,12-13H2,1-3H3. The Bertz CT molecular complexity index is 1460. The number of carbonyl (C=O) groups excluding carboxylic acids is 1. The molecule has 0 aliphatic carbocycles. The lowest BCUT2D eigenvalue weighted by Crippen LogP contribution is -2.31. The van der Waals surface area contributed by atoms with Gasteiger partial charge in [0.05, 0.1) is 24.1 Å². The molecule has 1 amide bonds. The SMILES string of the molecule is COc1ccc(CCN2C(=O)c3oc4cc(C)cc(C)c4c(=O)c3C2c2ccc(F)cc2)cc1. The molecular weight excluding hydrogens is 433 g/mol. The van der Waals surface area contributed by atoms with Crippen molar-refractivity contribution in [1.82, 2.24) is 4.90 Å². The van der Waals surface area contributed by atoms with Gasteiger partial charge in [-0.1, -0.05) is 30.3 Å². The number of halogens is 1. The van der Waals surface area contributed by atoms with Crippen LogP contribution in [0, 0.1) is 19.7 Å². The van der Waals surface area contributed by atoms with Crippen molar-refractivity contribution >= 4 is 16.9 Å². The summed E-state index contributed by atoms with van der Waals surface area (Å²) >= 11 is 0. The predicted molar refractivity (Wildman–Crippen MR) is 128 cm³/mol. The first kappa shape index (κ1) is 21.9. The molecule has 1 unspecified atom stereocenters. The minimum absolute atomic E-state index is 0.0616. The van der Waals surface area contributed by atoms with Crippen molar-refractivity contribution in [3.8, 4) is 5.75 Å². The van der Waals surface area contributed by atoms with Crippen LogP contribution in [0.25, 0.3) is 11.0 Å². The van der Waals surface area contributed by atoms with E-state index >= 15 is 0 Å². The van der Waals surface area contributed by atoms with Crippen molar-refractivity contribution in [2.45, 2.75) is 26.3 Å². The minimum Gasteiger partial charge on any atom is -0.497 e. The topological polar surface area (TPSA) is 59.8 Å². The first-order valence-corrected chi connectivity index (χ1v) is 11.1. The third-order valence-corrected chi connectivity index (χ3v) is 6.40. The normalized spacial score (nSPS) is 15.1. The zero-order valence-corrected chi connectivity index (χ0v) is 19.2. The fourth-order valence-corrected chi connectivity index (χ4v) is 4.78. The Morgan fingerprint density at radius 3 is 2.38 bits per heavy atom. The number of amides is 1. The van der Waals surface area contributed by atoms with Gasteiger partial charge in [-0.05, 0) is 72.9 Å². The molecule has 5 nitrogen and oxygen atoms in total. The van der Waals surface area contributed by atoms with E-state index < -0.39 is 6.04 Å². The van der Waals surface area contributed by atoms with Crippen LogP contribution in [0.5, 0.6) is 5.75 Å². The molecule has 4 aromatic rings. The molecule has 2 heterocycles. The molecule has 3 aromatic carbocycles. The molecule has 0 bridgehead atoms.